The van der Waals surface area contributed by atoms with Gasteiger partial charge in [-0.1, -0.05) is 25.3 Å². The second-order valence-corrected chi connectivity index (χ2v) is 8.41. The predicted octanol–water partition coefficient (Wildman–Crippen LogP) is 6.71. The van der Waals surface area contributed by atoms with Crippen LogP contribution in [-0.4, -0.2) is 27.7 Å². The van der Waals surface area contributed by atoms with Gasteiger partial charge in [-0.25, -0.2) is 9.78 Å². The zero-order valence-electron chi connectivity index (χ0n) is 18.5. The van der Waals surface area contributed by atoms with Gasteiger partial charge in [0, 0.05) is 17.7 Å². The van der Waals surface area contributed by atoms with Gasteiger partial charge in [-0.15, -0.1) is 0 Å². The molecule has 1 aliphatic carbocycles. The van der Waals surface area contributed by atoms with Crippen molar-refractivity contribution < 1.29 is 19.4 Å². The maximum atomic E-state index is 11.5. The van der Waals surface area contributed by atoms with Crippen LogP contribution in [0.1, 0.15) is 48.5 Å². The van der Waals surface area contributed by atoms with Crippen LogP contribution in [0.25, 0.3) is 22.4 Å². The van der Waals surface area contributed by atoms with Crippen LogP contribution in [0.3, 0.4) is 0 Å². The van der Waals surface area contributed by atoms with Gasteiger partial charge in [-0.3, -0.25) is 0 Å². The number of imidazole rings is 1. The normalized spacial score (nSPS) is 14.3. The number of fused-ring (bicyclic) bond motifs is 1. The van der Waals surface area contributed by atoms with E-state index >= 15 is 0 Å². The molecule has 0 atom stereocenters. The standard InChI is InChI=1S/C27H26N2O4/c1-32-22-8-5-9-23(17-22)33-21-13-10-18(11-14-21)26-28-24-16-19(27(30)31)12-15-25(24)29(26)20-6-3-2-4-7-20/h5,8-17,20H,2-4,6-7H2,1H3,(H,30,31). The van der Waals surface area contributed by atoms with Gasteiger partial charge < -0.3 is 19.1 Å². The van der Waals surface area contributed by atoms with E-state index in [2.05, 4.69) is 4.57 Å². The van der Waals surface area contributed by atoms with Crippen molar-refractivity contribution >= 4 is 17.0 Å². The van der Waals surface area contributed by atoms with E-state index < -0.39 is 5.97 Å². The lowest BCUT2D eigenvalue weighted by atomic mass is 9.95. The van der Waals surface area contributed by atoms with Crippen LogP contribution < -0.4 is 9.47 Å². The van der Waals surface area contributed by atoms with E-state index in [1.165, 1.54) is 19.3 Å². The van der Waals surface area contributed by atoms with Gasteiger partial charge in [0.1, 0.15) is 23.1 Å². The second-order valence-electron chi connectivity index (χ2n) is 8.41. The van der Waals surface area contributed by atoms with Gasteiger partial charge in [-0.05, 0) is 67.4 Å². The summed E-state index contributed by atoms with van der Waals surface area (Å²) in [5, 5.41) is 9.41. The Balaban J connectivity index is 1.51. The van der Waals surface area contributed by atoms with Crippen LogP contribution in [0, 0.1) is 0 Å². The highest BCUT2D eigenvalue weighted by atomic mass is 16.5. The molecule has 4 aromatic rings. The Hall–Kier alpha value is -3.80. The molecule has 0 unspecified atom stereocenters. The number of carboxylic acid groups (broad SMARTS) is 1. The first kappa shape index (κ1) is 21.1. The minimum atomic E-state index is -0.940. The lowest BCUT2D eigenvalue weighted by molar-refractivity contribution is 0.0697. The summed E-state index contributed by atoms with van der Waals surface area (Å²) in [6.45, 7) is 0. The number of ether oxygens (including phenoxy) is 2. The third-order valence-electron chi connectivity index (χ3n) is 6.27. The molecule has 0 spiro atoms. The summed E-state index contributed by atoms with van der Waals surface area (Å²) in [5.74, 6) is 2.10. The highest BCUT2D eigenvalue weighted by Gasteiger charge is 2.23. The molecule has 0 aliphatic heterocycles. The molecular formula is C27H26N2O4. The van der Waals surface area contributed by atoms with E-state index in [-0.39, 0.29) is 5.56 Å². The number of carboxylic acids is 1. The average Bonchev–Trinajstić information content (AvgIpc) is 3.24. The minimum absolute atomic E-state index is 0.254. The summed E-state index contributed by atoms with van der Waals surface area (Å²) in [6.07, 6.45) is 5.87. The van der Waals surface area contributed by atoms with E-state index in [1.54, 1.807) is 19.2 Å². The molecule has 1 fully saturated rings. The Morgan fingerprint density at radius 1 is 0.939 bits per heavy atom. The van der Waals surface area contributed by atoms with Crippen LogP contribution in [0.4, 0.5) is 0 Å². The maximum absolute atomic E-state index is 11.5. The van der Waals surface area contributed by atoms with Gasteiger partial charge in [0.15, 0.2) is 0 Å². The van der Waals surface area contributed by atoms with Crippen LogP contribution in [0.15, 0.2) is 66.7 Å². The van der Waals surface area contributed by atoms with E-state index in [9.17, 15) is 9.90 Å². The molecule has 5 rings (SSSR count). The molecule has 6 nitrogen and oxygen atoms in total. The van der Waals surface area contributed by atoms with Crippen molar-refractivity contribution in [2.75, 3.05) is 7.11 Å². The molecule has 0 bridgehead atoms. The number of carbonyl (C=O) groups is 1. The SMILES string of the molecule is COc1cccc(Oc2ccc(-c3nc4cc(C(=O)O)ccc4n3C3CCCCC3)cc2)c1. The summed E-state index contributed by atoms with van der Waals surface area (Å²) in [6, 6.07) is 21.0. The van der Waals surface area contributed by atoms with Crippen molar-refractivity contribution in [3.63, 3.8) is 0 Å². The van der Waals surface area contributed by atoms with Gasteiger partial charge >= 0.3 is 5.97 Å². The van der Waals surface area contributed by atoms with Crippen LogP contribution in [-0.2, 0) is 0 Å². The molecule has 3 aromatic carbocycles. The lowest BCUT2D eigenvalue weighted by Crippen LogP contribution is -2.14. The van der Waals surface area contributed by atoms with E-state index in [0.717, 1.165) is 41.2 Å². The van der Waals surface area contributed by atoms with Gasteiger partial charge in [-0.2, -0.15) is 0 Å². The van der Waals surface area contributed by atoms with Crippen molar-refractivity contribution in [2.24, 2.45) is 0 Å². The highest BCUT2D eigenvalue weighted by Crippen LogP contribution is 2.37. The molecule has 1 saturated carbocycles. The third-order valence-corrected chi connectivity index (χ3v) is 6.27. The molecule has 0 amide bonds. The maximum Gasteiger partial charge on any atom is 0.335 e. The zero-order chi connectivity index (χ0) is 22.8. The van der Waals surface area contributed by atoms with Crippen molar-refractivity contribution in [1.29, 1.82) is 0 Å². The number of nitrogens with zero attached hydrogens (tertiary/aromatic N) is 2. The summed E-state index contributed by atoms with van der Waals surface area (Å²) in [7, 11) is 1.63. The van der Waals surface area contributed by atoms with Gasteiger partial charge in [0.25, 0.3) is 0 Å². The Morgan fingerprint density at radius 2 is 1.70 bits per heavy atom. The fraction of sp³-hybridized carbons (Fsp3) is 0.259. The number of hydrogen-bond acceptors (Lipinski definition) is 4. The lowest BCUT2D eigenvalue weighted by Gasteiger charge is -2.25. The van der Waals surface area contributed by atoms with Crippen molar-refractivity contribution in [3.8, 4) is 28.6 Å². The number of rotatable bonds is 6. The molecule has 1 N–H and O–H groups in total. The number of aromatic carboxylic acids is 1. The third kappa shape index (κ3) is 4.29. The van der Waals surface area contributed by atoms with Crippen molar-refractivity contribution in [1.82, 2.24) is 9.55 Å². The topological polar surface area (TPSA) is 73.6 Å². The summed E-state index contributed by atoms with van der Waals surface area (Å²) in [5.41, 5.74) is 2.93. The Kier molecular flexibility index (Phi) is 5.73. The quantitative estimate of drug-likeness (QED) is 0.359. The Bertz CT molecular complexity index is 1290. The number of benzene rings is 3. The molecular weight excluding hydrogens is 416 g/mol. The number of aromatic nitrogens is 2. The highest BCUT2D eigenvalue weighted by molar-refractivity contribution is 5.93. The summed E-state index contributed by atoms with van der Waals surface area (Å²) < 4.78 is 13.6. The molecule has 1 heterocycles. The largest absolute Gasteiger partial charge is 0.497 e. The van der Waals surface area contributed by atoms with Crippen molar-refractivity contribution in [2.45, 2.75) is 38.1 Å². The molecule has 0 saturated heterocycles. The minimum Gasteiger partial charge on any atom is -0.497 e. The second kappa shape index (κ2) is 8.98. The van der Waals surface area contributed by atoms with Gasteiger partial charge in [0.05, 0.1) is 23.7 Å². The number of hydrogen-bond donors (Lipinski definition) is 1. The fourth-order valence-electron chi connectivity index (χ4n) is 4.62. The van der Waals surface area contributed by atoms with E-state index in [0.29, 0.717) is 17.3 Å². The monoisotopic (exact) mass is 442 g/mol. The van der Waals surface area contributed by atoms with Crippen molar-refractivity contribution in [3.05, 3.63) is 72.3 Å². The van der Waals surface area contributed by atoms with Gasteiger partial charge in [0.2, 0.25) is 0 Å². The van der Waals surface area contributed by atoms with Crippen LogP contribution in [0.5, 0.6) is 17.2 Å². The first-order chi connectivity index (χ1) is 16.1. The summed E-state index contributed by atoms with van der Waals surface area (Å²) >= 11 is 0. The average molecular weight is 443 g/mol. The van der Waals surface area contributed by atoms with E-state index in [4.69, 9.17) is 14.5 Å². The molecule has 0 radical (unpaired) electrons. The number of methoxy groups -OCH3 is 1. The first-order valence-corrected chi connectivity index (χ1v) is 11.3. The van der Waals surface area contributed by atoms with Crippen LogP contribution >= 0.6 is 0 Å². The Labute approximate surface area is 192 Å². The van der Waals surface area contributed by atoms with E-state index in [1.807, 2.05) is 54.6 Å². The molecule has 1 aliphatic rings. The molecule has 6 heteroatoms. The smallest absolute Gasteiger partial charge is 0.335 e. The molecule has 33 heavy (non-hydrogen) atoms. The first-order valence-electron chi connectivity index (χ1n) is 11.3. The fourth-order valence-corrected chi connectivity index (χ4v) is 4.62. The summed E-state index contributed by atoms with van der Waals surface area (Å²) in [4.78, 5) is 16.4. The predicted molar refractivity (Wildman–Crippen MR) is 127 cm³/mol. The Morgan fingerprint density at radius 3 is 2.42 bits per heavy atom. The zero-order valence-corrected chi connectivity index (χ0v) is 18.5. The molecule has 1 aromatic heterocycles. The molecule has 168 valence electrons. The van der Waals surface area contributed by atoms with Crippen LogP contribution in [0.2, 0.25) is 0 Å².